The van der Waals surface area contributed by atoms with Gasteiger partial charge in [-0.15, -0.1) is 5.10 Å². The summed E-state index contributed by atoms with van der Waals surface area (Å²) in [7, 11) is 0. The van der Waals surface area contributed by atoms with E-state index in [0.29, 0.717) is 28.5 Å². The van der Waals surface area contributed by atoms with Gasteiger partial charge in [0.2, 0.25) is 0 Å². The molecule has 3 fully saturated rings. The van der Waals surface area contributed by atoms with Crippen LogP contribution in [0.3, 0.4) is 0 Å². The van der Waals surface area contributed by atoms with E-state index >= 15 is 0 Å². The summed E-state index contributed by atoms with van der Waals surface area (Å²) in [6, 6.07) is 3.78. The number of anilines is 1. The van der Waals surface area contributed by atoms with Crippen LogP contribution < -0.4 is 5.32 Å². The number of halogens is 3. The summed E-state index contributed by atoms with van der Waals surface area (Å²) in [6.07, 6.45) is 4.69. The Bertz CT molecular complexity index is 1400. The largest absolute Gasteiger partial charge is 0.481 e. The van der Waals surface area contributed by atoms with Gasteiger partial charge in [-0.25, -0.2) is 27.7 Å². The Hall–Kier alpha value is -3.63. The normalized spacial score (nSPS) is 26.2. The van der Waals surface area contributed by atoms with Crippen molar-refractivity contribution in [3.8, 4) is 11.4 Å². The standard InChI is InChI=1S/C22H19F3N6O2/c23-11-6-12-13(9-27-18(12)26-8-11)19-29-20(15-2-1-5-31(15)30-19)28-17-14-4-3-10(7-22(14,24)25)16(17)21(32)33/h1-2,5-6,8-10,14,16-17H,3-4,7H2,(H,26,27)(H,32,33)(H,28,29,30)/t10-,14-,16-,17-/m0/s1. The number of aromatic nitrogens is 5. The van der Waals surface area contributed by atoms with Gasteiger partial charge in [-0.2, -0.15) is 0 Å². The first kappa shape index (κ1) is 20.0. The minimum atomic E-state index is -2.94. The van der Waals surface area contributed by atoms with Crippen LogP contribution in [0.2, 0.25) is 0 Å². The number of nitrogens with zero attached hydrogens (tertiary/aromatic N) is 4. The Morgan fingerprint density at radius 2 is 2.18 bits per heavy atom. The number of carbonyl (C=O) groups is 1. The Labute approximate surface area is 184 Å². The van der Waals surface area contributed by atoms with Crippen molar-refractivity contribution in [1.82, 2.24) is 24.6 Å². The highest BCUT2D eigenvalue weighted by Gasteiger charge is 2.60. The summed E-state index contributed by atoms with van der Waals surface area (Å²) in [5, 5.41) is 17.8. The third-order valence-electron chi connectivity index (χ3n) is 6.97. The third kappa shape index (κ3) is 3.05. The highest BCUT2D eigenvalue weighted by Crippen LogP contribution is 2.54. The SMILES string of the molecule is O=C(O)[C@H]1[C@H]2CC[C@@H]([C@@H]1Nc1nc(-c3c[nH]c4ncc(F)cc34)nn3cccc13)C(F)(F)C2. The highest BCUT2D eigenvalue weighted by atomic mass is 19.3. The quantitative estimate of drug-likeness (QED) is 0.429. The van der Waals surface area contributed by atoms with Crippen molar-refractivity contribution >= 4 is 28.3 Å². The van der Waals surface area contributed by atoms with E-state index in [1.807, 2.05) is 0 Å². The smallest absolute Gasteiger partial charge is 0.308 e. The number of hydrogen-bond donors (Lipinski definition) is 3. The predicted octanol–water partition coefficient (Wildman–Crippen LogP) is 3.96. The third-order valence-corrected chi connectivity index (χ3v) is 6.97. The number of H-pyrrole nitrogens is 1. The topological polar surface area (TPSA) is 108 Å². The molecule has 7 rings (SSSR count). The van der Waals surface area contributed by atoms with Gasteiger partial charge in [-0.1, -0.05) is 0 Å². The second-order valence-electron chi connectivity index (χ2n) is 8.82. The molecule has 0 amide bonds. The molecule has 33 heavy (non-hydrogen) atoms. The number of pyridine rings is 1. The van der Waals surface area contributed by atoms with Crippen molar-refractivity contribution in [1.29, 1.82) is 0 Å². The zero-order chi connectivity index (χ0) is 22.9. The molecule has 0 aliphatic heterocycles. The van der Waals surface area contributed by atoms with Gasteiger partial charge in [-0.3, -0.25) is 4.79 Å². The molecule has 0 unspecified atom stereocenters. The van der Waals surface area contributed by atoms with Crippen LogP contribution in [0.25, 0.3) is 27.9 Å². The van der Waals surface area contributed by atoms with Gasteiger partial charge in [0.25, 0.3) is 5.92 Å². The Balaban J connectivity index is 1.47. The maximum Gasteiger partial charge on any atom is 0.308 e. The fraction of sp³-hybridized carbons (Fsp3) is 0.364. The van der Waals surface area contributed by atoms with Crippen LogP contribution in [0.5, 0.6) is 0 Å². The van der Waals surface area contributed by atoms with E-state index in [-0.39, 0.29) is 18.1 Å². The molecule has 0 saturated heterocycles. The van der Waals surface area contributed by atoms with Crippen LogP contribution in [-0.2, 0) is 4.79 Å². The van der Waals surface area contributed by atoms with Gasteiger partial charge < -0.3 is 15.4 Å². The first-order valence-electron chi connectivity index (χ1n) is 10.7. The predicted molar refractivity (Wildman–Crippen MR) is 112 cm³/mol. The number of fused-ring (bicyclic) bond motifs is 5. The molecule has 3 aliphatic carbocycles. The molecule has 170 valence electrons. The number of carboxylic acids is 1. The fourth-order valence-corrected chi connectivity index (χ4v) is 5.52. The number of rotatable bonds is 4. The molecule has 3 aliphatic rings. The number of aromatic amines is 1. The molecule has 8 nitrogen and oxygen atoms in total. The summed E-state index contributed by atoms with van der Waals surface area (Å²) in [5.74, 6) is -6.73. The van der Waals surface area contributed by atoms with E-state index in [2.05, 4.69) is 25.4 Å². The molecule has 0 aromatic carbocycles. The Kier molecular flexibility index (Phi) is 4.20. The maximum atomic E-state index is 14.7. The summed E-state index contributed by atoms with van der Waals surface area (Å²) in [5.41, 5.74) is 1.46. The van der Waals surface area contributed by atoms with E-state index in [1.165, 1.54) is 10.6 Å². The summed E-state index contributed by atoms with van der Waals surface area (Å²) in [4.78, 5) is 23.6. The van der Waals surface area contributed by atoms with Crippen molar-refractivity contribution in [3.05, 3.63) is 42.6 Å². The zero-order valence-electron chi connectivity index (χ0n) is 17.2. The molecule has 0 spiro atoms. The van der Waals surface area contributed by atoms with E-state index in [1.54, 1.807) is 24.5 Å². The monoisotopic (exact) mass is 456 g/mol. The van der Waals surface area contributed by atoms with Crippen LogP contribution in [0.15, 0.2) is 36.8 Å². The average molecular weight is 456 g/mol. The second kappa shape index (κ2) is 6.93. The molecule has 4 heterocycles. The van der Waals surface area contributed by atoms with Crippen LogP contribution in [-0.4, -0.2) is 47.6 Å². The van der Waals surface area contributed by atoms with Crippen molar-refractivity contribution in [2.75, 3.05) is 5.32 Å². The molecule has 3 N–H and O–H groups in total. The van der Waals surface area contributed by atoms with Crippen molar-refractivity contribution in [2.24, 2.45) is 17.8 Å². The van der Waals surface area contributed by atoms with Gasteiger partial charge >= 0.3 is 5.97 Å². The van der Waals surface area contributed by atoms with Gasteiger partial charge in [-0.05, 0) is 37.0 Å². The number of alkyl halides is 2. The van der Waals surface area contributed by atoms with Crippen molar-refractivity contribution in [3.63, 3.8) is 0 Å². The lowest BCUT2D eigenvalue weighted by atomic mass is 9.60. The molecule has 3 saturated carbocycles. The van der Waals surface area contributed by atoms with Gasteiger partial charge in [0.1, 0.15) is 17.0 Å². The molecule has 0 radical (unpaired) electrons. The lowest BCUT2D eigenvalue weighted by Gasteiger charge is -2.50. The molecule has 11 heteroatoms. The van der Waals surface area contributed by atoms with E-state index in [4.69, 9.17) is 0 Å². The number of carboxylic acid groups (broad SMARTS) is 1. The van der Waals surface area contributed by atoms with Crippen molar-refractivity contribution in [2.45, 2.75) is 31.2 Å². The van der Waals surface area contributed by atoms with Gasteiger partial charge in [0, 0.05) is 41.7 Å². The first-order chi connectivity index (χ1) is 15.8. The number of hydrogen-bond acceptors (Lipinski definition) is 5. The van der Waals surface area contributed by atoms with Crippen molar-refractivity contribution < 1.29 is 23.1 Å². The minimum absolute atomic E-state index is 0.222. The summed E-state index contributed by atoms with van der Waals surface area (Å²) >= 11 is 0. The lowest BCUT2D eigenvalue weighted by molar-refractivity contribution is -0.175. The van der Waals surface area contributed by atoms with Crippen LogP contribution in [0, 0.1) is 23.6 Å². The zero-order valence-corrected chi connectivity index (χ0v) is 17.2. The first-order valence-corrected chi connectivity index (χ1v) is 10.7. The molecule has 4 aromatic rings. The highest BCUT2D eigenvalue weighted by molar-refractivity contribution is 5.92. The van der Waals surface area contributed by atoms with Gasteiger partial charge in [0.05, 0.1) is 12.1 Å². The van der Waals surface area contributed by atoms with Crippen LogP contribution >= 0.6 is 0 Å². The molecule has 4 atom stereocenters. The summed E-state index contributed by atoms with van der Waals surface area (Å²) in [6.45, 7) is 0. The van der Waals surface area contributed by atoms with E-state index in [0.717, 1.165) is 6.20 Å². The molecule has 2 bridgehead atoms. The molecular formula is C22H19F3N6O2. The molecule has 4 aromatic heterocycles. The lowest BCUT2D eigenvalue weighted by Crippen LogP contribution is -2.59. The fourth-order valence-electron chi connectivity index (χ4n) is 5.52. The Morgan fingerprint density at radius 3 is 2.97 bits per heavy atom. The molecular weight excluding hydrogens is 437 g/mol. The Morgan fingerprint density at radius 1 is 1.33 bits per heavy atom. The summed E-state index contributed by atoms with van der Waals surface area (Å²) < 4.78 is 44.8. The van der Waals surface area contributed by atoms with Gasteiger partial charge in [0.15, 0.2) is 11.6 Å². The van der Waals surface area contributed by atoms with E-state index in [9.17, 15) is 23.1 Å². The van der Waals surface area contributed by atoms with E-state index < -0.39 is 47.9 Å². The number of aliphatic carboxylic acids is 1. The minimum Gasteiger partial charge on any atom is -0.481 e. The number of nitrogens with one attached hydrogen (secondary N) is 2. The maximum absolute atomic E-state index is 14.7. The van der Waals surface area contributed by atoms with Crippen LogP contribution in [0.1, 0.15) is 19.3 Å². The average Bonchev–Trinajstić information content (AvgIpc) is 3.39. The second-order valence-corrected chi connectivity index (χ2v) is 8.82. The van der Waals surface area contributed by atoms with Crippen LogP contribution in [0.4, 0.5) is 19.0 Å².